The molecule has 0 heterocycles. The van der Waals surface area contributed by atoms with Gasteiger partial charge >= 0.3 is 0 Å². The van der Waals surface area contributed by atoms with E-state index in [0.29, 0.717) is 11.5 Å². The van der Waals surface area contributed by atoms with Crippen molar-refractivity contribution in [3.8, 4) is 0 Å². The van der Waals surface area contributed by atoms with Crippen LogP contribution < -0.4 is 10.6 Å². The molecule has 0 saturated heterocycles. The maximum absolute atomic E-state index is 13.6. The zero-order valence-corrected chi connectivity index (χ0v) is 13.5. The van der Waals surface area contributed by atoms with Crippen molar-refractivity contribution < 1.29 is 9.18 Å². The Hall–Kier alpha value is -2.11. The summed E-state index contributed by atoms with van der Waals surface area (Å²) in [4.78, 5) is 17.5. The number of hydrogen-bond acceptors (Lipinski definition) is 2. The smallest absolute Gasteiger partial charge is 0.241 e. The summed E-state index contributed by atoms with van der Waals surface area (Å²) >= 11 is 0. The predicted molar refractivity (Wildman–Crippen MR) is 87.1 cm³/mol. The van der Waals surface area contributed by atoms with Gasteiger partial charge in [-0.05, 0) is 12.5 Å². The summed E-state index contributed by atoms with van der Waals surface area (Å²) in [5.41, 5.74) is 0.526. The van der Waals surface area contributed by atoms with Crippen LogP contribution in [0.25, 0.3) is 0 Å². The van der Waals surface area contributed by atoms with Crippen LogP contribution in [0.1, 0.15) is 25.3 Å². The number of benzene rings is 1. The number of aliphatic imine (C=N–C) groups is 1. The Balaban J connectivity index is 2.65. The SMILES string of the molecule is CCCCNC(=NCc1ccccc1F)NCC(=O)N(C)C. The van der Waals surface area contributed by atoms with Gasteiger partial charge in [-0.15, -0.1) is 0 Å². The third-order valence-corrected chi connectivity index (χ3v) is 3.09. The van der Waals surface area contributed by atoms with Gasteiger partial charge in [-0.1, -0.05) is 31.5 Å². The van der Waals surface area contributed by atoms with Crippen LogP contribution in [0.3, 0.4) is 0 Å². The van der Waals surface area contributed by atoms with E-state index in [1.54, 1.807) is 32.3 Å². The number of halogens is 1. The van der Waals surface area contributed by atoms with E-state index in [-0.39, 0.29) is 24.8 Å². The molecule has 0 aliphatic carbocycles. The monoisotopic (exact) mass is 308 g/mol. The van der Waals surface area contributed by atoms with Crippen molar-refractivity contribution in [2.75, 3.05) is 27.2 Å². The van der Waals surface area contributed by atoms with Crippen LogP contribution in [0.2, 0.25) is 0 Å². The lowest BCUT2D eigenvalue weighted by Gasteiger charge is -2.15. The van der Waals surface area contributed by atoms with E-state index in [9.17, 15) is 9.18 Å². The Bertz CT molecular complexity index is 503. The number of unbranched alkanes of at least 4 members (excludes halogenated alkanes) is 1. The Morgan fingerprint density at radius 2 is 2.00 bits per heavy atom. The second-order valence-corrected chi connectivity index (χ2v) is 5.18. The van der Waals surface area contributed by atoms with E-state index in [4.69, 9.17) is 0 Å². The van der Waals surface area contributed by atoms with Gasteiger partial charge in [0.25, 0.3) is 0 Å². The lowest BCUT2D eigenvalue weighted by Crippen LogP contribution is -2.43. The summed E-state index contributed by atoms with van der Waals surface area (Å²) in [7, 11) is 3.40. The van der Waals surface area contributed by atoms with Gasteiger partial charge in [0.1, 0.15) is 5.82 Å². The molecule has 0 saturated carbocycles. The molecule has 1 aromatic carbocycles. The number of carbonyl (C=O) groups is 1. The van der Waals surface area contributed by atoms with Crippen LogP contribution in [0, 0.1) is 5.82 Å². The number of hydrogen-bond donors (Lipinski definition) is 2. The van der Waals surface area contributed by atoms with E-state index in [1.165, 1.54) is 11.0 Å². The van der Waals surface area contributed by atoms with Crippen LogP contribution >= 0.6 is 0 Å². The molecule has 122 valence electrons. The fraction of sp³-hybridized carbons (Fsp3) is 0.500. The van der Waals surface area contributed by atoms with E-state index >= 15 is 0 Å². The van der Waals surface area contributed by atoms with Gasteiger partial charge in [0.05, 0.1) is 13.1 Å². The second kappa shape index (κ2) is 9.76. The third kappa shape index (κ3) is 6.56. The van der Waals surface area contributed by atoms with E-state index in [0.717, 1.165) is 19.4 Å². The highest BCUT2D eigenvalue weighted by Crippen LogP contribution is 2.07. The fourth-order valence-electron chi connectivity index (χ4n) is 1.67. The van der Waals surface area contributed by atoms with Crippen LogP contribution in [-0.2, 0) is 11.3 Å². The van der Waals surface area contributed by atoms with Gasteiger partial charge in [0.2, 0.25) is 5.91 Å². The standard InChI is InChI=1S/C16H25FN4O/c1-4-5-10-18-16(20-12-15(22)21(2)3)19-11-13-8-6-7-9-14(13)17/h6-9H,4-5,10-12H2,1-3H3,(H2,18,19,20). The molecule has 5 nitrogen and oxygen atoms in total. The molecule has 1 aromatic rings. The Kier molecular flexibility index (Phi) is 7.96. The molecule has 6 heteroatoms. The number of guanidine groups is 1. The quantitative estimate of drug-likeness (QED) is 0.458. The zero-order chi connectivity index (χ0) is 16.4. The molecule has 2 N–H and O–H groups in total. The molecule has 0 atom stereocenters. The molecule has 22 heavy (non-hydrogen) atoms. The maximum atomic E-state index is 13.6. The van der Waals surface area contributed by atoms with Crippen molar-refractivity contribution >= 4 is 11.9 Å². The molecule has 0 radical (unpaired) electrons. The average molecular weight is 308 g/mol. The first-order valence-corrected chi connectivity index (χ1v) is 7.50. The average Bonchev–Trinajstić information content (AvgIpc) is 2.50. The Labute approximate surface area is 131 Å². The van der Waals surface area contributed by atoms with Crippen molar-refractivity contribution in [1.82, 2.24) is 15.5 Å². The first kappa shape index (κ1) is 17.9. The molecular formula is C16H25FN4O. The molecule has 0 aromatic heterocycles. The van der Waals surface area contributed by atoms with Crippen molar-refractivity contribution in [2.45, 2.75) is 26.3 Å². The summed E-state index contributed by atoms with van der Waals surface area (Å²) in [6, 6.07) is 6.55. The topological polar surface area (TPSA) is 56.7 Å². The lowest BCUT2D eigenvalue weighted by atomic mass is 10.2. The summed E-state index contributed by atoms with van der Waals surface area (Å²) in [6.45, 7) is 3.24. The highest BCUT2D eigenvalue weighted by molar-refractivity contribution is 5.86. The van der Waals surface area contributed by atoms with Gasteiger partial charge in [0.15, 0.2) is 5.96 Å². The minimum atomic E-state index is -0.275. The molecule has 0 bridgehead atoms. The fourth-order valence-corrected chi connectivity index (χ4v) is 1.67. The number of amides is 1. The summed E-state index contributed by atoms with van der Waals surface area (Å²) < 4.78 is 13.6. The zero-order valence-electron chi connectivity index (χ0n) is 13.5. The van der Waals surface area contributed by atoms with Crippen LogP contribution in [0.15, 0.2) is 29.3 Å². The first-order chi connectivity index (χ1) is 10.5. The van der Waals surface area contributed by atoms with Gasteiger partial charge in [-0.3, -0.25) is 4.79 Å². The van der Waals surface area contributed by atoms with E-state index < -0.39 is 0 Å². The van der Waals surface area contributed by atoms with Crippen LogP contribution in [0.4, 0.5) is 4.39 Å². The first-order valence-electron chi connectivity index (χ1n) is 7.50. The highest BCUT2D eigenvalue weighted by atomic mass is 19.1. The molecular weight excluding hydrogens is 283 g/mol. The second-order valence-electron chi connectivity index (χ2n) is 5.18. The predicted octanol–water partition coefficient (Wildman–Crippen LogP) is 1.75. The van der Waals surface area contributed by atoms with Gasteiger partial charge in [-0.2, -0.15) is 0 Å². The summed E-state index contributed by atoms with van der Waals surface area (Å²) in [5.74, 6) is 0.200. The molecule has 0 aliphatic rings. The third-order valence-electron chi connectivity index (χ3n) is 3.09. The number of nitrogens with zero attached hydrogens (tertiary/aromatic N) is 2. The minimum Gasteiger partial charge on any atom is -0.356 e. The molecule has 1 amide bonds. The highest BCUT2D eigenvalue weighted by Gasteiger charge is 2.06. The molecule has 1 rings (SSSR count). The van der Waals surface area contributed by atoms with Crippen molar-refractivity contribution in [1.29, 1.82) is 0 Å². The van der Waals surface area contributed by atoms with Gasteiger partial charge in [0, 0.05) is 26.2 Å². The van der Waals surface area contributed by atoms with E-state index in [1.807, 2.05) is 0 Å². The van der Waals surface area contributed by atoms with Crippen molar-refractivity contribution in [2.24, 2.45) is 4.99 Å². The number of nitrogens with one attached hydrogen (secondary N) is 2. The van der Waals surface area contributed by atoms with Crippen molar-refractivity contribution in [3.05, 3.63) is 35.6 Å². The molecule has 0 aliphatic heterocycles. The summed E-state index contributed by atoms with van der Waals surface area (Å²) in [5, 5.41) is 6.13. The molecule has 0 spiro atoms. The Morgan fingerprint density at radius 1 is 1.27 bits per heavy atom. The van der Waals surface area contributed by atoms with Gasteiger partial charge in [-0.25, -0.2) is 9.38 Å². The minimum absolute atomic E-state index is 0.0455. The number of likely N-dealkylation sites (N-methyl/N-ethyl adjacent to an activating group) is 1. The van der Waals surface area contributed by atoms with Crippen LogP contribution in [-0.4, -0.2) is 44.0 Å². The Morgan fingerprint density at radius 3 is 2.64 bits per heavy atom. The number of rotatable bonds is 7. The van der Waals surface area contributed by atoms with Crippen molar-refractivity contribution in [3.63, 3.8) is 0 Å². The molecule has 0 unspecified atom stereocenters. The number of carbonyl (C=O) groups excluding carboxylic acids is 1. The lowest BCUT2D eigenvalue weighted by molar-refractivity contribution is -0.127. The largest absolute Gasteiger partial charge is 0.356 e. The normalized spacial score (nSPS) is 11.2. The maximum Gasteiger partial charge on any atom is 0.241 e. The van der Waals surface area contributed by atoms with E-state index in [2.05, 4.69) is 22.5 Å². The molecule has 0 fully saturated rings. The van der Waals surface area contributed by atoms with Crippen LogP contribution in [0.5, 0.6) is 0 Å². The van der Waals surface area contributed by atoms with Gasteiger partial charge < -0.3 is 15.5 Å². The summed E-state index contributed by atoms with van der Waals surface area (Å²) in [6.07, 6.45) is 2.06.